The van der Waals surface area contributed by atoms with Gasteiger partial charge in [-0.1, -0.05) is 25.1 Å². The van der Waals surface area contributed by atoms with Crippen LogP contribution >= 0.6 is 0 Å². The summed E-state index contributed by atoms with van der Waals surface area (Å²) in [7, 11) is 0. The average molecular weight is 276 g/mol. The summed E-state index contributed by atoms with van der Waals surface area (Å²) < 4.78 is 5.88. The van der Waals surface area contributed by atoms with E-state index >= 15 is 0 Å². The highest BCUT2D eigenvalue weighted by atomic mass is 16.5. The number of aryl methyl sites for hydroxylation is 2. The SMILES string of the molecule is CCCN1CCOC(C(N)Cc2ccc(C)c(C)c2)C1. The van der Waals surface area contributed by atoms with Crippen molar-refractivity contribution >= 4 is 0 Å². The quantitative estimate of drug-likeness (QED) is 0.896. The summed E-state index contributed by atoms with van der Waals surface area (Å²) in [5.74, 6) is 0. The van der Waals surface area contributed by atoms with E-state index < -0.39 is 0 Å². The van der Waals surface area contributed by atoms with Crippen LogP contribution in [0.15, 0.2) is 18.2 Å². The summed E-state index contributed by atoms with van der Waals surface area (Å²) >= 11 is 0. The normalized spacial score (nSPS) is 21.9. The summed E-state index contributed by atoms with van der Waals surface area (Å²) in [5.41, 5.74) is 10.4. The van der Waals surface area contributed by atoms with Crippen molar-refractivity contribution in [2.24, 2.45) is 5.73 Å². The topological polar surface area (TPSA) is 38.5 Å². The lowest BCUT2D eigenvalue weighted by Gasteiger charge is -2.35. The molecule has 1 aromatic rings. The molecule has 1 heterocycles. The van der Waals surface area contributed by atoms with Crippen molar-refractivity contribution in [2.75, 3.05) is 26.2 Å². The van der Waals surface area contributed by atoms with Crippen LogP contribution < -0.4 is 5.73 Å². The number of hydrogen-bond acceptors (Lipinski definition) is 3. The molecular formula is C17H28N2O. The minimum Gasteiger partial charge on any atom is -0.374 e. The summed E-state index contributed by atoms with van der Waals surface area (Å²) in [6, 6.07) is 6.70. The third kappa shape index (κ3) is 4.05. The van der Waals surface area contributed by atoms with Gasteiger partial charge in [0.25, 0.3) is 0 Å². The molecule has 20 heavy (non-hydrogen) atoms. The molecule has 3 nitrogen and oxygen atoms in total. The summed E-state index contributed by atoms with van der Waals surface area (Å²) in [6.45, 7) is 10.5. The zero-order chi connectivity index (χ0) is 14.5. The number of hydrogen-bond donors (Lipinski definition) is 1. The van der Waals surface area contributed by atoms with E-state index in [0.29, 0.717) is 0 Å². The molecule has 2 unspecified atom stereocenters. The lowest BCUT2D eigenvalue weighted by molar-refractivity contribution is -0.0400. The highest BCUT2D eigenvalue weighted by Gasteiger charge is 2.25. The Morgan fingerprint density at radius 1 is 1.35 bits per heavy atom. The second-order valence-corrected chi connectivity index (χ2v) is 6.00. The molecule has 1 aliphatic heterocycles. The van der Waals surface area contributed by atoms with Crippen LogP contribution in [0, 0.1) is 13.8 Å². The predicted molar refractivity (Wildman–Crippen MR) is 84.1 cm³/mol. The molecule has 112 valence electrons. The number of ether oxygens (including phenoxy) is 1. The fourth-order valence-electron chi connectivity index (χ4n) is 2.84. The zero-order valence-electron chi connectivity index (χ0n) is 13.1. The molecule has 2 rings (SSSR count). The maximum absolute atomic E-state index is 6.38. The van der Waals surface area contributed by atoms with E-state index in [2.05, 4.69) is 43.9 Å². The van der Waals surface area contributed by atoms with Crippen LogP contribution in [0.5, 0.6) is 0 Å². The molecule has 0 spiro atoms. The molecule has 0 aromatic heterocycles. The molecular weight excluding hydrogens is 248 g/mol. The van der Waals surface area contributed by atoms with Gasteiger partial charge in [0, 0.05) is 19.1 Å². The van der Waals surface area contributed by atoms with Crippen molar-refractivity contribution in [3.05, 3.63) is 34.9 Å². The number of rotatable bonds is 5. The van der Waals surface area contributed by atoms with E-state index in [-0.39, 0.29) is 12.1 Å². The summed E-state index contributed by atoms with van der Waals surface area (Å²) in [4.78, 5) is 2.47. The highest BCUT2D eigenvalue weighted by molar-refractivity contribution is 5.30. The van der Waals surface area contributed by atoms with Crippen LogP contribution in [0.2, 0.25) is 0 Å². The van der Waals surface area contributed by atoms with Gasteiger partial charge in [-0.05, 0) is 49.9 Å². The lowest BCUT2D eigenvalue weighted by Crippen LogP contribution is -2.51. The van der Waals surface area contributed by atoms with E-state index in [4.69, 9.17) is 10.5 Å². The second-order valence-electron chi connectivity index (χ2n) is 6.00. The molecule has 1 aliphatic rings. The first kappa shape index (κ1) is 15.5. The molecule has 2 N–H and O–H groups in total. The Hall–Kier alpha value is -0.900. The van der Waals surface area contributed by atoms with Crippen molar-refractivity contribution in [1.82, 2.24) is 4.90 Å². The minimum absolute atomic E-state index is 0.0803. The number of benzene rings is 1. The van der Waals surface area contributed by atoms with Gasteiger partial charge in [-0.25, -0.2) is 0 Å². The molecule has 3 heteroatoms. The van der Waals surface area contributed by atoms with Crippen molar-refractivity contribution in [2.45, 2.75) is 45.8 Å². The van der Waals surface area contributed by atoms with Gasteiger partial charge >= 0.3 is 0 Å². The molecule has 0 aliphatic carbocycles. The fraction of sp³-hybridized carbons (Fsp3) is 0.647. The Labute approximate surface area is 123 Å². The summed E-state index contributed by atoms with van der Waals surface area (Å²) in [5, 5.41) is 0. The molecule has 0 bridgehead atoms. The number of morpholine rings is 1. The van der Waals surface area contributed by atoms with E-state index in [1.54, 1.807) is 0 Å². The van der Waals surface area contributed by atoms with Crippen molar-refractivity contribution in [3.8, 4) is 0 Å². The Kier molecular flexibility index (Phi) is 5.58. The van der Waals surface area contributed by atoms with E-state index in [1.807, 2.05) is 0 Å². The zero-order valence-corrected chi connectivity index (χ0v) is 13.1. The van der Waals surface area contributed by atoms with Gasteiger partial charge in [0.1, 0.15) is 0 Å². The molecule has 2 atom stereocenters. The van der Waals surface area contributed by atoms with Gasteiger partial charge in [-0.2, -0.15) is 0 Å². The maximum atomic E-state index is 6.38. The Morgan fingerprint density at radius 3 is 2.85 bits per heavy atom. The van der Waals surface area contributed by atoms with Crippen LogP contribution in [0.1, 0.15) is 30.0 Å². The van der Waals surface area contributed by atoms with Gasteiger partial charge in [0.15, 0.2) is 0 Å². The molecule has 0 radical (unpaired) electrons. The number of nitrogens with zero attached hydrogens (tertiary/aromatic N) is 1. The monoisotopic (exact) mass is 276 g/mol. The van der Waals surface area contributed by atoms with Gasteiger partial charge < -0.3 is 10.5 Å². The van der Waals surface area contributed by atoms with E-state index in [9.17, 15) is 0 Å². The van der Waals surface area contributed by atoms with Gasteiger partial charge in [0.05, 0.1) is 12.7 Å². The van der Waals surface area contributed by atoms with Crippen molar-refractivity contribution in [1.29, 1.82) is 0 Å². The first-order valence-corrected chi connectivity index (χ1v) is 7.75. The Bertz CT molecular complexity index is 431. The average Bonchev–Trinajstić information content (AvgIpc) is 2.43. The smallest absolute Gasteiger partial charge is 0.0856 e. The summed E-state index contributed by atoms with van der Waals surface area (Å²) in [6.07, 6.45) is 2.25. The van der Waals surface area contributed by atoms with Gasteiger partial charge in [0.2, 0.25) is 0 Å². The second kappa shape index (κ2) is 7.21. The van der Waals surface area contributed by atoms with Gasteiger partial charge in [-0.3, -0.25) is 4.90 Å². The third-order valence-electron chi connectivity index (χ3n) is 4.24. The molecule has 0 saturated carbocycles. The first-order valence-electron chi connectivity index (χ1n) is 7.75. The van der Waals surface area contributed by atoms with Crippen molar-refractivity contribution < 1.29 is 4.74 Å². The van der Waals surface area contributed by atoms with Crippen LogP contribution in [0.25, 0.3) is 0 Å². The first-order chi connectivity index (χ1) is 9.60. The lowest BCUT2D eigenvalue weighted by atomic mass is 9.98. The van der Waals surface area contributed by atoms with Gasteiger partial charge in [-0.15, -0.1) is 0 Å². The molecule has 0 amide bonds. The highest BCUT2D eigenvalue weighted by Crippen LogP contribution is 2.15. The molecule has 1 saturated heterocycles. The molecule has 1 aromatic carbocycles. The Balaban J connectivity index is 1.93. The van der Waals surface area contributed by atoms with E-state index in [0.717, 1.165) is 32.7 Å². The van der Waals surface area contributed by atoms with Crippen LogP contribution in [-0.4, -0.2) is 43.3 Å². The molecule has 1 fully saturated rings. The maximum Gasteiger partial charge on any atom is 0.0856 e. The standard InChI is InChI=1S/C17H28N2O/c1-4-7-19-8-9-20-17(12-19)16(18)11-15-6-5-13(2)14(3)10-15/h5-6,10,16-17H,4,7-9,11-12,18H2,1-3H3. The largest absolute Gasteiger partial charge is 0.374 e. The number of nitrogens with two attached hydrogens (primary N) is 1. The fourth-order valence-corrected chi connectivity index (χ4v) is 2.84. The Morgan fingerprint density at radius 2 is 2.15 bits per heavy atom. The van der Waals surface area contributed by atoms with Crippen LogP contribution in [0.3, 0.4) is 0 Å². The van der Waals surface area contributed by atoms with Crippen LogP contribution in [-0.2, 0) is 11.2 Å². The minimum atomic E-state index is 0.0803. The van der Waals surface area contributed by atoms with Crippen molar-refractivity contribution in [3.63, 3.8) is 0 Å². The third-order valence-corrected chi connectivity index (χ3v) is 4.24. The van der Waals surface area contributed by atoms with E-state index in [1.165, 1.54) is 23.1 Å². The predicted octanol–water partition coefficient (Wildman–Crippen LogP) is 2.28. The van der Waals surface area contributed by atoms with Crippen LogP contribution in [0.4, 0.5) is 0 Å².